The fraction of sp³-hybridized carbons (Fsp3) is 0.438. The van der Waals surface area contributed by atoms with Crippen LogP contribution in [0.1, 0.15) is 43.5 Å². The number of hydrogen-bond acceptors (Lipinski definition) is 3. The summed E-state index contributed by atoms with van der Waals surface area (Å²) >= 11 is 0. The molecule has 0 saturated carbocycles. The van der Waals surface area contributed by atoms with Crippen LogP contribution < -0.4 is 5.32 Å². The van der Waals surface area contributed by atoms with E-state index in [0.29, 0.717) is 0 Å². The molecule has 0 aromatic heterocycles. The van der Waals surface area contributed by atoms with E-state index in [-0.39, 0.29) is 30.7 Å². The maximum Gasteiger partial charge on any atom is 0.326 e. The first kappa shape index (κ1) is 18.7. The van der Waals surface area contributed by atoms with Gasteiger partial charge in [-0.2, -0.15) is 0 Å². The van der Waals surface area contributed by atoms with Gasteiger partial charge in [0.15, 0.2) is 17.4 Å². The van der Waals surface area contributed by atoms with Crippen molar-refractivity contribution in [1.29, 1.82) is 0 Å². The third kappa shape index (κ3) is 6.14. The van der Waals surface area contributed by atoms with Gasteiger partial charge in [0.1, 0.15) is 6.04 Å². The van der Waals surface area contributed by atoms with Crippen molar-refractivity contribution < 1.29 is 28.3 Å². The minimum absolute atomic E-state index is 0.0336. The van der Waals surface area contributed by atoms with Gasteiger partial charge in [0.2, 0.25) is 5.91 Å². The Morgan fingerprint density at radius 3 is 2.30 bits per heavy atom. The topological polar surface area (TPSA) is 83.5 Å². The van der Waals surface area contributed by atoms with Gasteiger partial charge in [-0.3, -0.25) is 9.59 Å². The molecule has 1 aromatic carbocycles. The summed E-state index contributed by atoms with van der Waals surface area (Å²) in [6, 6.07) is 1.73. The minimum atomic E-state index is -1.14. The normalized spacial score (nSPS) is 12.0. The number of halogens is 2. The quantitative estimate of drug-likeness (QED) is 0.719. The van der Waals surface area contributed by atoms with E-state index in [2.05, 4.69) is 5.32 Å². The number of carboxylic acid groups (broad SMARTS) is 1. The van der Waals surface area contributed by atoms with Crippen LogP contribution in [-0.4, -0.2) is 28.8 Å². The molecule has 23 heavy (non-hydrogen) atoms. The zero-order valence-corrected chi connectivity index (χ0v) is 12.9. The van der Waals surface area contributed by atoms with Crippen molar-refractivity contribution in [2.45, 2.75) is 39.2 Å². The first-order valence-electron chi connectivity index (χ1n) is 7.21. The van der Waals surface area contributed by atoms with E-state index >= 15 is 0 Å². The fourth-order valence-corrected chi connectivity index (χ4v) is 2.00. The summed E-state index contributed by atoms with van der Waals surface area (Å²) in [5.74, 6) is -4.34. The second-order valence-corrected chi connectivity index (χ2v) is 5.64. The maximum absolute atomic E-state index is 13.0. The van der Waals surface area contributed by atoms with Crippen LogP contribution in [0, 0.1) is 17.6 Å². The molecule has 0 spiro atoms. The predicted molar refractivity (Wildman–Crippen MR) is 78.9 cm³/mol. The summed E-state index contributed by atoms with van der Waals surface area (Å²) < 4.78 is 25.8. The lowest BCUT2D eigenvalue weighted by atomic mass is 10.0. The number of ketones is 1. The number of benzene rings is 1. The maximum atomic E-state index is 13.0. The first-order chi connectivity index (χ1) is 10.7. The average Bonchev–Trinajstić information content (AvgIpc) is 2.46. The molecule has 0 fully saturated rings. The van der Waals surface area contributed by atoms with Gasteiger partial charge in [-0.1, -0.05) is 13.8 Å². The third-order valence-corrected chi connectivity index (χ3v) is 3.16. The van der Waals surface area contributed by atoms with Crippen LogP contribution in [0.4, 0.5) is 8.78 Å². The number of carbonyl (C=O) groups is 3. The summed E-state index contributed by atoms with van der Waals surface area (Å²) in [4.78, 5) is 34.6. The Hall–Kier alpha value is -2.31. The lowest BCUT2D eigenvalue weighted by molar-refractivity contribution is -0.142. The molecule has 1 aromatic rings. The van der Waals surface area contributed by atoms with Crippen LogP contribution in [0.5, 0.6) is 0 Å². The number of carboxylic acids is 1. The molecule has 126 valence electrons. The number of nitrogens with one attached hydrogen (secondary N) is 1. The van der Waals surface area contributed by atoms with E-state index in [1.54, 1.807) is 0 Å². The van der Waals surface area contributed by atoms with Gasteiger partial charge in [-0.15, -0.1) is 0 Å². The van der Waals surface area contributed by atoms with Crippen LogP contribution in [0.3, 0.4) is 0 Å². The van der Waals surface area contributed by atoms with Crippen molar-refractivity contribution in [2.75, 3.05) is 0 Å². The molecule has 7 heteroatoms. The molecule has 0 aliphatic rings. The average molecular weight is 327 g/mol. The Morgan fingerprint density at radius 2 is 1.78 bits per heavy atom. The van der Waals surface area contributed by atoms with Gasteiger partial charge in [-0.25, -0.2) is 13.6 Å². The molecule has 1 amide bonds. The van der Waals surface area contributed by atoms with Crippen molar-refractivity contribution in [3.05, 3.63) is 35.4 Å². The predicted octanol–water partition coefficient (Wildman–Crippen LogP) is 2.54. The zero-order chi connectivity index (χ0) is 17.6. The standard InChI is InChI=1S/C16H19F2NO4/c1-9(2)7-13(16(22)23)19-15(21)6-5-14(20)10-3-4-11(17)12(18)8-10/h3-4,8-9,13H,5-7H2,1-2H3,(H,19,21)(H,22,23)/t13-/m0/s1. The Bertz CT molecular complexity index is 602. The fourth-order valence-electron chi connectivity index (χ4n) is 2.00. The Kier molecular flexibility index (Phi) is 6.81. The summed E-state index contributed by atoms with van der Waals surface area (Å²) in [5, 5.41) is 11.4. The highest BCUT2D eigenvalue weighted by molar-refractivity contribution is 5.98. The molecular formula is C16H19F2NO4. The summed E-state index contributed by atoms with van der Waals surface area (Å²) in [6.45, 7) is 3.66. The molecule has 0 bridgehead atoms. The van der Waals surface area contributed by atoms with Gasteiger partial charge in [0, 0.05) is 18.4 Å². The second kappa shape index (κ2) is 8.36. The largest absolute Gasteiger partial charge is 0.480 e. The van der Waals surface area contributed by atoms with Crippen LogP contribution >= 0.6 is 0 Å². The van der Waals surface area contributed by atoms with Crippen molar-refractivity contribution in [3.63, 3.8) is 0 Å². The molecule has 0 aliphatic carbocycles. The minimum Gasteiger partial charge on any atom is -0.480 e. The van der Waals surface area contributed by atoms with Crippen molar-refractivity contribution in [3.8, 4) is 0 Å². The van der Waals surface area contributed by atoms with Gasteiger partial charge in [0.05, 0.1) is 0 Å². The number of aliphatic carboxylic acids is 1. The lowest BCUT2D eigenvalue weighted by Gasteiger charge is -2.16. The molecule has 0 radical (unpaired) electrons. The Labute approximate surface area is 132 Å². The van der Waals surface area contributed by atoms with E-state index in [0.717, 1.165) is 18.2 Å². The number of Topliss-reactive ketones (excluding diaryl/α,β-unsaturated/α-hetero) is 1. The first-order valence-corrected chi connectivity index (χ1v) is 7.21. The molecule has 0 aliphatic heterocycles. The molecular weight excluding hydrogens is 308 g/mol. The molecule has 2 N–H and O–H groups in total. The molecule has 1 atom stereocenters. The van der Waals surface area contributed by atoms with Gasteiger partial charge in [0.25, 0.3) is 0 Å². The van der Waals surface area contributed by atoms with Crippen molar-refractivity contribution in [2.24, 2.45) is 5.92 Å². The summed E-state index contributed by atoms with van der Waals surface area (Å²) in [7, 11) is 0. The SMILES string of the molecule is CC(C)C[C@H](NC(=O)CCC(=O)c1ccc(F)c(F)c1)C(=O)O. The van der Waals surface area contributed by atoms with Crippen LogP contribution in [-0.2, 0) is 9.59 Å². The number of amides is 1. The van der Waals surface area contributed by atoms with E-state index in [1.165, 1.54) is 0 Å². The second-order valence-electron chi connectivity index (χ2n) is 5.64. The van der Waals surface area contributed by atoms with Crippen LogP contribution in [0.25, 0.3) is 0 Å². The van der Waals surface area contributed by atoms with Crippen LogP contribution in [0.2, 0.25) is 0 Å². The smallest absolute Gasteiger partial charge is 0.326 e. The van der Waals surface area contributed by atoms with Crippen molar-refractivity contribution in [1.82, 2.24) is 5.32 Å². The Balaban J connectivity index is 2.56. The molecule has 1 rings (SSSR count). The highest BCUT2D eigenvalue weighted by atomic mass is 19.2. The number of hydrogen-bond donors (Lipinski definition) is 2. The molecule has 0 heterocycles. The van der Waals surface area contributed by atoms with E-state index < -0.39 is 35.3 Å². The van der Waals surface area contributed by atoms with Gasteiger partial charge < -0.3 is 10.4 Å². The molecule has 0 unspecified atom stereocenters. The number of carbonyl (C=O) groups excluding carboxylic acids is 2. The van der Waals surface area contributed by atoms with Gasteiger partial charge >= 0.3 is 5.97 Å². The molecule has 0 saturated heterocycles. The zero-order valence-electron chi connectivity index (χ0n) is 12.9. The van der Waals surface area contributed by atoms with E-state index in [9.17, 15) is 23.2 Å². The third-order valence-electron chi connectivity index (χ3n) is 3.16. The highest BCUT2D eigenvalue weighted by Crippen LogP contribution is 2.12. The van der Waals surface area contributed by atoms with Gasteiger partial charge in [-0.05, 0) is 30.5 Å². The summed E-state index contributed by atoms with van der Waals surface area (Å²) in [6.07, 6.45) is -0.164. The van der Waals surface area contributed by atoms with Crippen LogP contribution in [0.15, 0.2) is 18.2 Å². The summed E-state index contributed by atoms with van der Waals surface area (Å²) in [5.41, 5.74) is -0.0336. The highest BCUT2D eigenvalue weighted by Gasteiger charge is 2.21. The van der Waals surface area contributed by atoms with E-state index in [4.69, 9.17) is 5.11 Å². The Morgan fingerprint density at radius 1 is 1.13 bits per heavy atom. The monoisotopic (exact) mass is 327 g/mol. The van der Waals surface area contributed by atoms with Crippen molar-refractivity contribution >= 4 is 17.7 Å². The number of rotatable bonds is 8. The van der Waals surface area contributed by atoms with E-state index in [1.807, 2.05) is 13.8 Å². The molecule has 5 nitrogen and oxygen atoms in total. The lowest BCUT2D eigenvalue weighted by Crippen LogP contribution is -2.41.